The number of thioether (sulfide) groups is 1. The van der Waals surface area contributed by atoms with Crippen LogP contribution < -0.4 is 10.6 Å². The Labute approximate surface area is 157 Å². The van der Waals surface area contributed by atoms with Crippen LogP contribution in [0.15, 0.2) is 4.99 Å². The summed E-state index contributed by atoms with van der Waals surface area (Å²) in [4.78, 5) is 7.12. The monoisotopic (exact) mass is 440 g/mol. The van der Waals surface area contributed by atoms with E-state index in [1.54, 1.807) is 0 Å². The van der Waals surface area contributed by atoms with Crippen LogP contribution in [0.2, 0.25) is 0 Å². The lowest BCUT2D eigenvalue weighted by atomic mass is 9.94. The molecule has 4 nitrogen and oxygen atoms in total. The average molecular weight is 440 g/mol. The van der Waals surface area contributed by atoms with Gasteiger partial charge in [-0.25, -0.2) is 0 Å². The molecule has 1 aliphatic carbocycles. The molecule has 0 bridgehead atoms. The van der Waals surface area contributed by atoms with Crippen molar-refractivity contribution in [1.29, 1.82) is 0 Å². The van der Waals surface area contributed by atoms with E-state index in [1.807, 2.05) is 7.05 Å². The zero-order valence-electron chi connectivity index (χ0n) is 14.4. The van der Waals surface area contributed by atoms with Crippen LogP contribution in [-0.4, -0.2) is 61.1 Å². The summed E-state index contributed by atoms with van der Waals surface area (Å²) in [5, 5.41) is 7.02. The molecule has 0 spiro atoms. The van der Waals surface area contributed by atoms with Crippen LogP contribution in [0.4, 0.5) is 0 Å². The maximum absolute atomic E-state index is 4.37. The molecule has 0 aromatic rings. The second-order valence-corrected chi connectivity index (χ2v) is 7.96. The van der Waals surface area contributed by atoms with Gasteiger partial charge < -0.3 is 10.6 Å². The fourth-order valence-corrected chi connectivity index (χ4v) is 4.35. The number of nitrogens with one attached hydrogen (secondary N) is 2. The van der Waals surface area contributed by atoms with Crippen LogP contribution in [0.3, 0.4) is 0 Å². The quantitative estimate of drug-likeness (QED) is 0.392. The Morgan fingerprint density at radius 1 is 1.18 bits per heavy atom. The SMILES string of the molecule is CN=C(NCC(C)C)NCC1(N2CCSCC2)CCCC1.I. The summed E-state index contributed by atoms with van der Waals surface area (Å²) in [6, 6.07) is 0. The minimum absolute atomic E-state index is 0. The fourth-order valence-electron chi connectivity index (χ4n) is 3.45. The van der Waals surface area contributed by atoms with Gasteiger partial charge in [0.25, 0.3) is 0 Å². The number of aliphatic imine (C=N–C) groups is 1. The van der Waals surface area contributed by atoms with Crippen LogP contribution in [-0.2, 0) is 0 Å². The van der Waals surface area contributed by atoms with Crippen molar-refractivity contribution in [2.24, 2.45) is 10.9 Å². The summed E-state index contributed by atoms with van der Waals surface area (Å²) in [6.45, 7) is 8.98. The molecular formula is C16H33IN4S. The molecule has 0 unspecified atom stereocenters. The van der Waals surface area contributed by atoms with Crippen molar-refractivity contribution in [1.82, 2.24) is 15.5 Å². The molecule has 0 atom stereocenters. The maximum Gasteiger partial charge on any atom is 0.191 e. The number of guanidine groups is 1. The average Bonchev–Trinajstić information content (AvgIpc) is 2.98. The highest BCUT2D eigenvalue weighted by Gasteiger charge is 2.39. The molecule has 22 heavy (non-hydrogen) atoms. The molecule has 2 aliphatic rings. The largest absolute Gasteiger partial charge is 0.356 e. The molecule has 1 saturated carbocycles. The highest BCUT2D eigenvalue weighted by atomic mass is 127. The molecule has 1 saturated heterocycles. The first-order valence-corrected chi connectivity index (χ1v) is 9.59. The first-order chi connectivity index (χ1) is 10.2. The summed E-state index contributed by atoms with van der Waals surface area (Å²) < 4.78 is 0. The summed E-state index contributed by atoms with van der Waals surface area (Å²) >= 11 is 2.10. The van der Waals surface area contributed by atoms with Gasteiger partial charge in [-0.3, -0.25) is 9.89 Å². The summed E-state index contributed by atoms with van der Waals surface area (Å²) in [5.41, 5.74) is 0.371. The summed E-state index contributed by atoms with van der Waals surface area (Å²) in [5.74, 6) is 4.19. The molecule has 130 valence electrons. The van der Waals surface area contributed by atoms with Crippen LogP contribution in [0.25, 0.3) is 0 Å². The zero-order chi connectivity index (χ0) is 15.1. The molecule has 2 fully saturated rings. The Kier molecular flexibility index (Phi) is 9.47. The van der Waals surface area contributed by atoms with Gasteiger partial charge in [-0.15, -0.1) is 24.0 Å². The van der Waals surface area contributed by atoms with E-state index in [9.17, 15) is 0 Å². The predicted molar refractivity (Wildman–Crippen MR) is 110 cm³/mol. The number of halogens is 1. The van der Waals surface area contributed by atoms with E-state index in [1.165, 1.54) is 50.3 Å². The first-order valence-electron chi connectivity index (χ1n) is 8.43. The Morgan fingerprint density at radius 3 is 2.36 bits per heavy atom. The molecule has 2 N–H and O–H groups in total. The van der Waals surface area contributed by atoms with E-state index in [4.69, 9.17) is 0 Å². The lowest BCUT2D eigenvalue weighted by Crippen LogP contribution is -2.57. The Bertz CT molecular complexity index is 337. The normalized spacial score (nSPS) is 22.5. The highest BCUT2D eigenvalue weighted by Crippen LogP contribution is 2.36. The molecule has 2 rings (SSSR count). The van der Waals surface area contributed by atoms with Crippen molar-refractivity contribution in [2.45, 2.75) is 45.1 Å². The molecule has 0 aromatic carbocycles. The number of hydrogen-bond acceptors (Lipinski definition) is 3. The maximum atomic E-state index is 4.37. The number of rotatable bonds is 5. The van der Waals surface area contributed by atoms with E-state index < -0.39 is 0 Å². The van der Waals surface area contributed by atoms with Gasteiger partial charge in [-0.1, -0.05) is 26.7 Å². The third-order valence-corrected chi connectivity index (χ3v) is 5.64. The van der Waals surface area contributed by atoms with Crippen LogP contribution >= 0.6 is 35.7 Å². The molecule has 1 heterocycles. The van der Waals surface area contributed by atoms with Crippen LogP contribution in [0.5, 0.6) is 0 Å². The van der Waals surface area contributed by atoms with Crippen molar-refractivity contribution < 1.29 is 0 Å². The smallest absolute Gasteiger partial charge is 0.191 e. The van der Waals surface area contributed by atoms with Gasteiger partial charge in [0.05, 0.1) is 0 Å². The predicted octanol–water partition coefficient (Wildman–Crippen LogP) is 2.79. The highest BCUT2D eigenvalue weighted by molar-refractivity contribution is 14.0. The van der Waals surface area contributed by atoms with Gasteiger partial charge in [-0.05, 0) is 18.8 Å². The molecule has 0 aromatic heterocycles. The van der Waals surface area contributed by atoms with Gasteiger partial charge in [0, 0.05) is 50.3 Å². The van der Waals surface area contributed by atoms with E-state index >= 15 is 0 Å². The molecule has 0 amide bonds. The Hall–Kier alpha value is 0.310. The fraction of sp³-hybridized carbons (Fsp3) is 0.938. The van der Waals surface area contributed by atoms with Crippen LogP contribution in [0, 0.1) is 5.92 Å². The molecule has 1 aliphatic heterocycles. The summed E-state index contributed by atoms with van der Waals surface area (Å²) in [7, 11) is 1.87. The third kappa shape index (κ3) is 5.74. The van der Waals surface area contributed by atoms with Gasteiger partial charge in [-0.2, -0.15) is 11.8 Å². The lowest BCUT2D eigenvalue weighted by Gasteiger charge is -2.43. The van der Waals surface area contributed by atoms with Gasteiger partial charge in [0.15, 0.2) is 5.96 Å². The Morgan fingerprint density at radius 2 is 1.82 bits per heavy atom. The van der Waals surface area contributed by atoms with Gasteiger partial charge >= 0.3 is 0 Å². The standard InChI is InChI=1S/C16H32N4S.HI/c1-14(2)12-18-15(17-3)19-13-16(6-4-5-7-16)20-8-10-21-11-9-20;/h14H,4-13H2,1-3H3,(H2,17,18,19);1H. The molecular weight excluding hydrogens is 407 g/mol. The number of nitrogens with zero attached hydrogens (tertiary/aromatic N) is 2. The minimum Gasteiger partial charge on any atom is -0.356 e. The second-order valence-electron chi connectivity index (χ2n) is 6.73. The van der Waals surface area contributed by atoms with E-state index in [0.717, 1.165) is 19.0 Å². The van der Waals surface area contributed by atoms with Crippen LogP contribution in [0.1, 0.15) is 39.5 Å². The van der Waals surface area contributed by atoms with Crippen molar-refractivity contribution in [3.63, 3.8) is 0 Å². The summed E-state index contributed by atoms with van der Waals surface area (Å²) in [6.07, 6.45) is 5.43. The van der Waals surface area contributed by atoms with Crippen molar-refractivity contribution >= 4 is 41.7 Å². The van der Waals surface area contributed by atoms with E-state index in [2.05, 4.69) is 46.1 Å². The first kappa shape index (κ1) is 20.4. The van der Waals surface area contributed by atoms with Crippen molar-refractivity contribution in [3.05, 3.63) is 0 Å². The molecule has 6 heteroatoms. The minimum atomic E-state index is 0. The Balaban J connectivity index is 0.00000242. The van der Waals surface area contributed by atoms with E-state index in [0.29, 0.717) is 11.5 Å². The second kappa shape index (κ2) is 10.2. The van der Waals surface area contributed by atoms with Gasteiger partial charge in [0.2, 0.25) is 0 Å². The lowest BCUT2D eigenvalue weighted by molar-refractivity contribution is 0.107. The third-order valence-electron chi connectivity index (χ3n) is 4.70. The van der Waals surface area contributed by atoms with Gasteiger partial charge in [0.1, 0.15) is 0 Å². The topological polar surface area (TPSA) is 39.7 Å². The van der Waals surface area contributed by atoms with E-state index in [-0.39, 0.29) is 24.0 Å². The zero-order valence-corrected chi connectivity index (χ0v) is 17.5. The molecule has 0 radical (unpaired) electrons. The van der Waals surface area contributed by atoms with Crippen molar-refractivity contribution in [2.75, 3.05) is 44.7 Å². The number of hydrogen-bond donors (Lipinski definition) is 2. The van der Waals surface area contributed by atoms with Crippen molar-refractivity contribution in [3.8, 4) is 0 Å².